The Morgan fingerprint density at radius 1 is 1.52 bits per heavy atom. The number of methoxy groups -OCH3 is 1. The maximum atomic E-state index is 12.1. The highest BCUT2D eigenvalue weighted by Gasteiger charge is 2.24. The third-order valence-electron chi connectivity index (χ3n) is 3.82. The molecular formula is C15H22BrClN2O2. The lowest BCUT2D eigenvalue weighted by Gasteiger charge is -2.16. The van der Waals surface area contributed by atoms with Crippen molar-refractivity contribution in [3.63, 3.8) is 0 Å². The maximum Gasteiger partial charge on any atom is 0.222 e. The Morgan fingerprint density at radius 3 is 2.86 bits per heavy atom. The van der Waals surface area contributed by atoms with E-state index in [9.17, 15) is 4.79 Å². The molecule has 0 aromatic heterocycles. The molecule has 0 radical (unpaired) electrons. The van der Waals surface area contributed by atoms with E-state index in [1.807, 2.05) is 23.1 Å². The topological polar surface area (TPSA) is 55.6 Å². The second kappa shape index (κ2) is 8.61. The number of nitrogens with two attached hydrogens (primary N) is 1. The van der Waals surface area contributed by atoms with Crippen LogP contribution in [0.15, 0.2) is 22.7 Å². The lowest BCUT2D eigenvalue weighted by atomic mass is 10.1. The van der Waals surface area contributed by atoms with Crippen LogP contribution in [0.5, 0.6) is 5.75 Å². The van der Waals surface area contributed by atoms with Crippen molar-refractivity contribution in [1.82, 2.24) is 4.90 Å². The molecule has 0 aliphatic carbocycles. The van der Waals surface area contributed by atoms with Crippen LogP contribution in [0.25, 0.3) is 0 Å². The SMILES string of the molecule is COc1ccc(CCC(=O)N2CCC(CN)C2)cc1Br.Cl. The number of carbonyl (C=O) groups is 1. The number of carbonyl (C=O) groups excluding carboxylic acids is 1. The summed E-state index contributed by atoms with van der Waals surface area (Å²) in [6, 6.07) is 5.94. The number of amides is 1. The van der Waals surface area contributed by atoms with Crippen molar-refractivity contribution in [1.29, 1.82) is 0 Å². The van der Waals surface area contributed by atoms with E-state index in [0.717, 1.165) is 41.7 Å². The molecule has 1 amide bonds. The van der Waals surface area contributed by atoms with Crippen molar-refractivity contribution in [3.8, 4) is 5.75 Å². The first-order chi connectivity index (χ1) is 9.63. The molecule has 0 bridgehead atoms. The molecule has 1 aromatic carbocycles. The van der Waals surface area contributed by atoms with E-state index in [0.29, 0.717) is 18.9 Å². The van der Waals surface area contributed by atoms with E-state index in [4.69, 9.17) is 10.5 Å². The summed E-state index contributed by atoms with van der Waals surface area (Å²) in [6.45, 7) is 2.35. The fraction of sp³-hybridized carbons (Fsp3) is 0.533. The third-order valence-corrected chi connectivity index (χ3v) is 4.44. The molecule has 6 heteroatoms. The van der Waals surface area contributed by atoms with Crippen LogP contribution in [-0.2, 0) is 11.2 Å². The molecule has 1 atom stereocenters. The monoisotopic (exact) mass is 376 g/mol. The van der Waals surface area contributed by atoms with Gasteiger partial charge < -0.3 is 15.4 Å². The minimum Gasteiger partial charge on any atom is -0.496 e. The first-order valence-electron chi connectivity index (χ1n) is 6.94. The van der Waals surface area contributed by atoms with Crippen LogP contribution in [0.3, 0.4) is 0 Å². The Kier molecular flexibility index (Phi) is 7.49. The summed E-state index contributed by atoms with van der Waals surface area (Å²) < 4.78 is 6.12. The van der Waals surface area contributed by atoms with Gasteiger partial charge in [-0.05, 0) is 58.9 Å². The maximum absolute atomic E-state index is 12.1. The van der Waals surface area contributed by atoms with E-state index in [1.165, 1.54) is 0 Å². The van der Waals surface area contributed by atoms with Gasteiger partial charge >= 0.3 is 0 Å². The zero-order chi connectivity index (χ0) is 14.5. The van der Waals surface area contributed by atoms with Gasteiger partial charge in [0.2, 0.25) is 5.91 Å². The minimum atomic E-state index is 0. The van der Waals surface area contributed by atoms with Gasteiger partial charge in [0.1, 0.15) is 5.75 Å². The number of aryl methyl sites for hydroxylation is 1. The first kappa shape index (κ1) is 18.3. The quantitative estimate of drug-likeness (QED) is 0.858. The number of rotatable bonds is 5. The van der Waals surface area contributed by atoms with Crippen LogP contribution >= 0.6 is 28.3 Å². The fourth-order valence-electron chi connectivity index (χ4n) is 2.53. The first-order valence-corrected chi connectivity index (χ1v) is 7.73. The highest BCUT2D eigenvalue weighted by atomic mass is 79.9. The van der Waals surface area contributed by atoms with Crippen molar-refractivity contribution in [3.05, 3.63) is 28.2 Å². The number of halogens is 2. The number of hydrogen-bond acceptors (Lipinski definition) is 3. The van der Waals surface area contributed by atoms with Crippen molar-refractivity contribution in [2.24, 2.45) is 11.7 Å². The summed E-state index contributed by atoms with van der Waals surface area (Å²) in [5, 5.41) is 0. The number of nitrogens with zero attached hydrogens (tertiary/aromatic N) is 1. The van der Waals surface area contributed by atoms with Crippen LogP contribution in [-0.4, -0.2) is 37.6 Å². The minimum absolute atomic E-state index is 0. The van der Waals surface area contributed by atoms with Gasteiger partial charge in [-0.25, -0.2) is 0 Å². The summed E-state index contributed by atoms with van der Waals surface area (Å²) in [6.07, 6.45) is 2.34. The highest BCUT2D eigenvalue weighted by Crippen LogP contribution is 2.26. The summed E-state index contributed by atoms with van der Waals surface area (Å²) in [5.41, 5.74) is 6.79. The Balaban J connectivity index is 0.00000220. The molecular weight excluding hydrogens is 356 g/mol. The average molecular weight is 378 g/mol. The summed E-state index contributed by atoms with van der Waals surface area (Å²) in [5.74, 6) is 1.52. The van der Waals surface area contributed by atoms with E-state index in [1.54, 1.807) is 7.11 Å². The largest absolute Gasteiger partial charge is 0.496 e. The lowest BCUT2D eigenvalue weighted by Crippen LogP contribution is -2.30. The zero-order valence-corrected chi connectivity index (χ0v) is 14.6. The Morgan fingerprint density at radius 2 is 2.29 bits per heavy atom. The van der Waals surface area contributed by atoms with Gasteiger partial charge in [0.15, 0.2) is 0 Å². The molecule has 1 unspecified atom stereocenters. The zero-order valence-electron chi connectivity index (χ0n) is 12.2. The molecule has 1 aliphatic heterocycles. The molecule has 1 aliphatic rings. The molecule has 4 nitrogen and oxygen atoms in total. The molecule has 1 aromatic rings. The van der Waals surface area contributed by atoms with Gasteiger partial charge in [0, 0.05) is 19.5 Å². The van der Waals surface area contributed by atoms with Crippen molar-refractivity contribution >= 4 is 34.2 Å². The van der Waals surface area contributed by atoms with Gasteiger partial charge in [-0.2, -0.15) is 0 Å². The summed E-state index contributed by atoms with van der Waals surface area (Å²) >= 11 is 3.46. The highest BCUT2D eigenvalue weighted by molar-refractivity contribution is 9.10. The predicted molar refractivity (Wildman–Crippen MR) is 90.0 cm³/mol. The van der Waals surface area contributed by atoms with E-state index >= 15 is 0 Å². The number of benzene rings is 1. The van der Waals surface area contributed by atoms with Gasteiger partial charge in [0.25, 0.3) is 0 Å². The lowest BCUT2D eigenvalue weighted by molar-refractivity contribution is -0.130. The van der Waals surface area contributed by atoms with Crippen molar-refractivity contribution in [2.45, 2.75) is 19.3 Å². The summed E-state index contributed by atoms with van der Waals surface area (Å²) in [4.78, 5) is 14.1. The molecule has 21 heavy (non-hydrogen) atoms. The van der Waals surface area contributed by atoms with Crippen molar-refractivity contribution < 1.29 is 9.53 Å². The normalized spacial score (nSPS) is 17.5. The van der Waals surface area contributed by atoms with Crippen LogP contribution < -0.4 is 10.5 Å². The van der Waals surface area contributed by atoms with Crippen LogP contribution in [0.4, 0.5) is 0 Å². The Labute approximate surface area is 140 Å². The van der Waals surface area contributed by atoms with Crippen LogP contribution in [0.2, 0.25) is 0 Å². The average Bonchev–Trinajstić information content (AvgIpc) is 2.94. The predicted octanol–water partition coefficient (Wildman–Crippen LogP) is 2.62. The molecule has 2 N–H and O–H groups in total. The number of ether oxygens (including phenoxy) is 1. The van der Waals surface area contributed by atoms with E-state index < -0.39 is 0 Å². The summed E-state index contributed by atoms with van der Waals surface area (Å²) in [7, 11) is 1.64. The van der Waals surface area contributed by atoms with E-state index in [-0.39, 0.29) is 18.3 Å². The van der Waals surface area contributed by atoms with Crippen molar-refractivity contribution in [2.75, 3.05) is 26.7 Å². The molecule has 118 valence electrons. The van der Waals surface area contributed by atoms with Gasteiger partial charge in [-0.1, -0.05) is 6.07 Å². The second-order valence-corrected chi connectivity index (χ2v) is 6.05. The van der Waals surface area contributed by atoms with Gasteiger partial charge in [0.05, 0.1) is 11.6 Å². The molecule has 0 saturated carbocycles. The van der Waals surface area contributed by atoms with E-state index in [2.05, 4.69) is 15.9 Å². The smallest absolute Gasteiger partial charge is 0.222 e. The molecule has 2 rings (SSSR count). The number of hydrogen-bond donors (Lipinski definition) is 1. The Hall–Kier alpha value is -0.780. The fourth-order valence-corrected chi connectivity index (χ4v) is 3.11. The second-order valence-electron chi connectivity index (χ2n) is 5.20. The number of likely N-dealkylation sites (tertiary alicyclic amines) is 1. The van der Waals surface area contributed by atoms with Gasteiger partial charge in [-0.3, -0.25) is 4.79 Å². The molecule has 1 saturated heterocycles. The molecule has 1 heterocycles. The standard InChI is InChI=1S/C15H21BrN2O2.ClH/c1-20-14-4-2-11(8-13(14)16)3-5-15(19)18-7-6-12(9-17)10-18;/h2,4,8,12H,3,5-7,9-10,17H2,1H3;1H. The van der Waals surface area contributed by atoms with Gasteiger partial charge in [-0.15, -0.1) is 12.4 Å². The third kappa shape index (κ3) is 4.87. The molecule has 0 spiro atoms. The Bertz CT molecular complexity index is 485. The molecule has 1 fully saturated rings. The van der Waals surface area contributed by atoms with Crippen LogP contribution in [0, 0.1) is 5.92 Å². The van der Waals surface area contributed by atoms with Crippen LogP contribution in [0.1, 0.15) is 18.4 Å².